The van der Waals surface area contributed by atoms with Crippen molar-refractivity contribution in [2.24, 2.45) is 0 Å². The number of hydrogen-bond acceptors (Lipinski definition) is 5. The van der Waals surface area contributed by atoms with E-state index in [0.717, 1.165) is 28.0 Å². The summed E-state index contributed by atoms with van der Waals surface area (Å²) in [6, 6.07) is 13.4. The Morgan fingerprint density at radius 3 is 2.58 bits per heavy atom. The van der Waals surface area contributed by atoms with Crippen LogP contribution in [0.2, 0.25) is 0 Å². The fraction of sp³-hybridized carbons (Fsp3) is 0.200. The predicted octanol–water partition coefficient (Wildman–Crippen LogP) is 1.51. The van der Waals surface area contributed by atoms with E-state index in [1.807, 2.05) is 42.5 Å². The SMILES string of the molecule is COc1ccc2c(c1)nnn2-c1ccc(CCN[SH](=O)=O)cc1.Cl. The molecule has 128 valence electrons. The van der Waals surface area contributed by atoms with Crippen molar-refractivity contribution in [3.63, 3.8) is 0 Å². The molecular formula is C15H17ClN4O3S. The van der Waals surface area contributed by atoms with Gasteiger partial charge < -0.3 is 4.74 Å². The van der Waals surface area contributed by atoms with Crippen LogP contribution in [-0.4, -0.2) is 37.1 Å². The quantitative estimate of drug-likeness (QED) is 0.644. The van der Waals surface area contributed by atoms with E-state index in [2.05, 4.69) is 15.0 Å². The Morgan fingerprint density at radius 1 is 1.17 bits per heavy atom. The lowest BCUT2D eigenvalue weighted by atomic mass is 10.1. The molecule has 3 rings (SSSR count). The number of aromatic nitrogens is 3. The number of hydrogen-bond donors (Lipinski definition) is 2. The zero-order chi connectivity index (χ0) is 16.2. The smallest absolute Gasteiger partial charge is 0.201 e. The van der Waals surface area contributed by atoms with Crippen molar-refractivity contribution < 1.29 is 13.2 Å². The number of ether oxygens (including phenoxy) is 1. The molecule has 24 heavy (non-hydrogen) atoms. The van der Waals surface area contributed by atoms with Gasteiger partial charge in [-0.05, 0) is 36.2 Å². The molecule has 7 nitrogen and oxygen atoms in total. The summed E-state index contributed by atoms with van der Waals surface area (Å²) >= 11 is 0. The molecule has 1 heterocycles. The molecule has 0 radical (unpaired) electrons. The number of methoxy groups -OCH3 is 1. The number of benzene rings is 2. The highest BCUT2D eigenvalue weighted by atomic mass is 35.5. The molecule has 1 aromatic heterocycles. The summed E-state index contributed by atoms with van der Waals surface area (Å²) in [4.78, 5) is 0. The van der Waals surface area contributed by atoms with Crippen LogP contribution in [0.3, 0.4) is 0 Å². The largest absolute Gasteiger partial charge is 0.497 e. The molecule has 0 fully saturated rings. The Balaban J connectivity index is 0.00000208. The molecule has 0 aliphatic rings. The maximum absolute atomic E-state index is 10.5. The topological polar surface area (TPSA) is 86.1 Å². The van der Waals surface area contributed by atoms with Crippen LogP contribution in [0.15, 0.2) is 42.5 Å². The van der Waals surface area contributed by atoms with Crippen LogP contribution in [0.4, 0.5) is 0 Å². The van der Waals surface area contributed by atoms with Crippen LogP contribution < -0.4 is 9.46 Å². The Kier molecular flexibility index (Phi) is 6.13. The molecule has 0 spiro atoms. The summed E-state index contributed by atoms with van der Waals surface area (Å²) < 4.78 is 30.3. The molecule has 0 amide bonds. The predicted molar refractivity (Wildman–Crippen MR) is 94.7 cm³/mol. The van der Waals surface area contributed by atoms with Gasteiger partial charge in [-0.2, -0.15) is 0 Å². The van der Waals surface area contributed by atoms with Gasteiger partial charge in [0.1, 0.15) is 11.3 Å². The molecular weight excluding hydrogens is 352 g/mol. The van der Waals surface area contributed by atoms with Gasteiger partial charge in [0.05, 0.1) is 18.3 Å². The Bertz CT molecular complexity index is 885. The Labute approximate surface area is 147 Å². The van der Waals surface area contributed by atoms with Crippen LogP contribution in [0.5, 0.6) is 5.75 Å². The third-order valence-corrected chi connectivity index (χ3v) is 3.97. The number of rotatable bonds is 6. The summed E-state index contributed by atoms with van der Waals surface area (Å²) in [5.74, 6) is 0.740. The number of nitrogens with zero attached hydrogens (tertiary/aromatic N) is 3. The highest BCUT2D eigenvalue weighted by Crippen LogP contribution is 2.21. The molecule has 0 aliphatic carbocycles. The molecule has 0 saturated carbocycles. The van der Waals surface area contributed by atoms with E-state index in [1.54, 1.807) is 11.8 Å². The molecule has 0 aliphatic heterocycles. The normalized spacial score (nSPS) is 10.8. The Morgan fingerprint density at radius 2 is 1.92 bits per heavy atom. The summed E-state index contributed by atoms with van der Waals surface area (Å²) in [6.07, 6.45) is 0.638. The van der Waals surface area contributed by atoms with Crippen molar-refractivity contribution in [3.8, 4) is 11.4 Å². The summed E-state index contributed by atoms with van der Waals surface area (Å²) in [7, 11) is -0.926. The number of thiol groups is 1. The molecule has 9 heteroatoms. The third-order valence-electron chi connectivity index (χ3n) is 3.49. The maximum Gasteiger partial charge on any atom is 0.201 e. The van der Waals surface area contributed by atoms with Gasteiger partial charge in [0.25, 0.3) is 0 Å². The molecule has 0 atom stereocenters. The molecule has 1 N–H and O–H groups in total. The van der Waals surface area contributed by atoms with E-state index >= 15 is 0 Å². The van der Waals surface area contributed by atoms with Gasteiger partial charge in [-0.25, -0.2) is 17.8 Å². The van der Waals surface area contributed by atoms with E-state index in [0.29, 0.717) is 13.0 Å². The van der Waals surface area contributed by atoms with Crippen molar-refractivity contribution in [3.05, 3.63) is 48.0 Å². The first-order valence-electron chi connectivity index (χ1n) is 7.04. The second-order valence-electron chi connectivity index (χ2n) is 4.94. The van der Waals surface area contributed by atoms with E-state index in [9.17, 15) is 8.42 Å². The van der Waals surface area contributed by atoms with E-state index in [4.69, 9.17) is 4.74 Å². The van der Waals surface area contributed by atoms with E-state index < -0.39 is 10.9 Å². The first kappa shape index (κ1) is 18.2. The van der Waals surface area contributed by atoms with Gasteiger partial charge in [-0.3, -0.25) is 0 Å². The third kappa shape index (κ3) is 4.02. The highest BCUT2D eigenvalue weighted by molar-refractivity contribution is 7.70. The highest BCUT2D eigenvalue weighted by Gasteiger charge is 2.07. The maximum atomic E-state index is 10.5. The Hall–Kier alpha value is -2.16. The van der Waals surface area contributed by atoms with Crippen LogP contribution in [0, 0.1) is 0 Å². The lowest BCUT2D eigenvalue weighted by molar-refractivity contribution is 0.415. The lowest BCUT2D eigenvalue weighted by Crippen LogP contribution is -2.14. The minimum Gasteiger partial charge on any atom is -0.497 e. The number of nitrogens with one attached hydrogen (secondary N) is 1. The van der Waals surface area contributed by atoms with Crippen LogP contribution in [0.1, 0.15) is 5.56 Å². The second kappa shape index (κ2) is 8.09. The van der Waals surface area contributed by atoms with Gasteiger partial charge in [0, 0.05) is 12.6 Å². The lowest BCUT2D eigenvalue weighted by Gasteiger charge is -2.05. The number of fused-ring (bicyclic) bond motifs is 1. The van der Waals surface area contributed by atoms with Crippen molar-refractivity contribution in [1.29, 1.82) is 0 Å². The molecule has 0 saturated heterocycles. The van der Waals surface area contributed by atoms with Crippen molar-refractivity contribution >= 4 is 34.3 Å². The van der Waals surface area contributed by atoms with Crippen LogP contribution in [-0.2, 0) is 17.3 Å². The average molecular weight is 369 g/mol. The van der Waals surface area contributed by atoms with Crippen LogP contribution in [0.25, 0.3) is 16.7 Å². The van der Waals surface area contributed by atoms with Gasteiger partial charge in [0.15, 0.2) is 0 Å². The fourth-order valence-corrected chi connectivity index (χ4v) is 2.61. The first-order chi connectivity index (χ1) is 11.2. The first-order valence-corrected chi connectivity index (χ1v) is 8.22. The number of halogens is 1. The van der Waals surface area contributed by atoms with Gasteiger partial charge in [-0.1, -0.05) is 17.3 Å². The van der Waals surface area contributed by atoms with E-state index in [-0.39, 0.29) is 12.4 Å². The standard InChI is InChI=1S/C15H16N4O3S.ClH/c1-22-13-6-7-15-14(10-13)17-18-19(15)12-4-2-11(3-5-12)8-9-16-23(20)21;/h2-7,10,23H,8-9H2,1H3,(H,16,20,21);1H. The summed E-state index contributed by atoms with van der Waals surface area (Å²) in [5, 5.41) is 8.33. The minimum atomic E-state index is -2.54. The molecule has 0 unspecified atom stereocenters. The van der Waals surface area contributed by atoms with Gasteiger partial charge in [0.2, 0.25) is 10.9 Å². The molecule has 0 bridgehead atoms. The zero-order valence-electron chi connectivity index (χ0n) is 12.9. The van der Waals surface area contributed by atoms with Crippen molar-refractivity contribution in [2.75, 3.05) is 13.7 Å². The van der Waals surface area contributed by atoms with Crippen LogP contribution >= 0.6 is 12.4 Å². The van der Waals surface area contributed by atoms with Gasteiger partial charge in [-0.15, -0.1) is 17.5 Å². The van der Waals surface area contributed by atoms with E-state index in [1.165, 1.54) is 0 Å². The molecule has 2 aromatic carbocycles. The monoisotopic (exact) mass is 368 g/mol. The minimum absolute atomic E-state index is 0. The van der Waals surface area contributed by atoms with Gasteiger partial charge >= 0.3 is 0 Å². The average Bonchev–Trinajstić information content (AvgIpc) is 2.98. The fourth-order valence-electron chi connectivity index (χ4n) is 2.32. The summed E-state index contributed by atoms with van der Waals surface area (Å²) in [6.45, 7) is 0.393. The molecule has 3 aromatic rings. The van der Waals surface area contributed by atoms with Crippen molar-refractivity contribution in [1.82, 2.24) is 19.7 Å². The zero-order valence-corrected chi connectivity index (χ0v) is 14.6. The van der Waals surface area contributed by atoms with Crippen molar-refractivity contribution in [2.45, 2.75) is 6.42 Å². The second-order valence-corrected chi connectivity index (χ2v) is 5.77. The summed E-state index contributed by atoms with van der Waals surface area (Å²) in [5.41, 5.74) is 3.59.